The summed E-state index contributed by atoms with van der Waals surface area (Å²) in [6.45, 7) is 3.83. The molecule has 0 amide bonds. The van der Waals surface area contributed by atoms with Gasteiger partial charge < -0.3 is 5.11 Å². The van der Waals surface area contributed by atoms with E-state index in [4.69, 9.17) is 5.11 Å². The first kappa shape index (κ1) is 13.6. The smallest absolute Gasteiger partial charge is 0.354 e. The minimum Gasteiger partial charge on any atom is -0.477 e. The number of aromatic carboxylic acids is 1. The first-order valence-electron chi connectivity index (χ1n) is 5.01. The molecule has 0 atom stereocenters. The van der Waals surface area contributed by atoms with Gasteiger partial charge in [-0.15, -0.1) is 0 Å². The Bertz CT molecular complexity index is 537. The van der Waals surface area contributed by atoms with E-state index in [0.29, 0.717) is 6.42 Å². The van der Waals surface area contributed by atoms with E-state index < -0.39 is 15.8 Å². The molecule has 0 aromatic carbocycles. The molecule has 0 aliphatic carbocycles. The zero-order valence-electron chi connectivity index (χ0n) is 9.84. The van der Waals surface area contributed by atoms with E-state index in [-0.39, 0.29) is 22.5 Å². The van der Waals surface area contributed by atoms with Gasteiger partial charge in [-0.05, 0) is 5.92 Å². The number of aromatic nitrogens is 2. The Morgan fingerprint density at radius 3 is 2.41 bits per heavy atom. The number of nitrogens with zero attached hydrogens (tertiary/aromatic N) is 2. The van der Waals surface area contributed by atoms with Crippen LogP contribution in [-0.2, 0) is 16.3 Å². The molecule has 1 rings (SSSR count). The standard InChI is InChI=1S/C10H14N2O4S/c1-6(2)4-8-11-7(10(13)14)5-9(12-8)17(3,15)16/h5-6H,4H2,1-3H3,(H,13,14). The molecule has 0 unspecified atom stereocenters. The van der Waals surface area contributed by atoms with Crippen LogP contribution < -0.4 is 0 Å². The maximum Gasteiger partial charge on any atom is 0.354 e. The Morgan fingerprint density at radius 1 is 1.41 bits per heavy atom. The summed E-state index contributed by atoms with van der Waals surface area (Å²) >= 11 is 0. The Morgan fingerprint density at radius 2 is 2.00 bits per heavy atom. The van der Waals surface area contributed by atoms with Crippen LogP contribution in [0.5, 0.6) is 0 Å². The average Bonchev–Trinajstić information content (AvgIpc) is 2.14. The van der Waals surface area contributed by atoms with Gasteiger partial charge in [-0.25, -0.2) is 23.2 Å². The molecule has 0 aliphatic heterocycles. The van der Waals surface area contributed by atoms with Crippen molar-refractivity contribution in [2.24, 2.45) is 5.92 Å². The highest BCUT2D eigenvalue weighted by Crippen LogP contribution is 2.11. The second-order valence-electron chi connectivity index (χ2n) is 4.18. The van der Waals surface area contributed by atoms with Crippen molar-refractivity contribution < 1.29 is 18.3 Å². The molecule has 7 heteroatoms. The summed E-state index contributed by atoms with van der Waals surface area (Å²) in [6.07, 6.45) is 1.42. The Kier molecular flexibility index (Phi) is 3.82. The predicted molar refractivity (Wildman–Crippen MR) is 60.6 cm³/mol. The van der Waals surface area contributed by atoms with Gasteiger partial charge in [-0.2, -0.15) is 0 Å². The molecule has 0 radical (unpaired) electrons. The highest BCUT2D eigenvalue weighted by Gasteiger charge is 2.17. The number of sulfone groups is 1. The maximum atomic E-state index is 11.4. The van der Waals surface area contributed by atoms with Gasteiger partial charge in [-0.3, -0.25) is 0 Å². The van der Waals surface area contributed by atoms with Gasteiger partial charge in [0.2, 0.25) is 0 Å². The fourth-order valence-corrected chi connectivity index (χ4v) is 1.83. The molecule has 0 spiro atoms. The third-order valence-electron chi connectivity index (χ3n) is 1.94. The molecule has 0 bridgehead atoms. The zero-order valence-corrected chi connectivity index (χ0v) is 10.7. The van der Waals surface area contributed by atoms with Crippen molar-refractivity contribution in [1.29, 1.82) is 0 Å². The lowest BCUT2D eigenvalue weighted by Gasteiger charge is -2.06. The van der Waals surface area contributed by atoms with Gasteiger partial charge in [0, 0.05) is 18.7 Å². The second kappa shape index (κ2) is 4.79. The molecular weight excluding hydrogens is 244 g/mol. The fraction of sp³-hybridized carbons (Fsp3) is 0.500. The fourth-order valence-electron chi connectivity index (χ4n) is 1.23. The van der Waals surface area contributed by atoms with Crippen molar-refractivity contribution in [3.8, 4) is 0 Å². The van der Waals surface area contributed by atoms with Gasteiger partial charge in [0.1, 0.15) is 5.82 Å². The van der Waals surface area contributed by atoms with Crippen molar-refractivity contribution in [1.82, 2.24) is 9.97 Å². The largest absolute Gasteiger partial charge is 0.477 e. The maximum absolute atomic E-state index is 11.4. The van der Waals surface area contributed by atoms with Crippen LogP contribution in [0.15, 0.2) is 11.1 Å². The summed E-state index contributed by atoms with van der Waals surface area (Å²) in [7, 11) is -3.53. The second-order valence-corrected chi connectivity index (χ2v) is 6.15. The Balaban J connectivity index is 3.34. The van der Waals surface area contributed by atoms with Crippen molar-refractivity contribution in [3.05, 3.63) is 17.6 Å². The van der Waals surface area contributed by atoms with Crippen LogP contribution in [-0.4, -0.2) is 35.7 Å². The number of hydrogen-bond donors (Lipinski definition) is 1. The summed E-state index contributed by atoms with van der Waals surface area (Å²) in [5.41, 5.74) is -0.295. The lowest BCUT2D eigenvalue weighted by Crippen LogP contribution is -2.12. The Labute approximate surface area is 99.6 Å². The SMILES string of the molecule is CC(C)Cc1nc(C(=O)O)cc(S(C)(=O)=O)n1. The molecule has 1 aromatic heterocycles. The number of carboxylic acids is 1. The van der Waals surface area contributed by atoms with Gasteiger partial charge in [0.25, 0.3) is 0 Å². The Hall–Kier alpha value is -1.50. The van der Waals surface area contributed by atoms with Crippen LogP contribution in [0.25, 0.3) is 0 Å². The van der Waals surface area contributed by atoms with E-state index in [1.165, 1.54) is 0 Å². The molecule has 17 heavy (non-hydrogen) atoms. The van der Waals surface area contributed by atoms with Crippen LogP contribution in [0.2, 0.25) is 0 Å². The third kappa shape index (κ3) is 3.77. The monoisotopic (exact) mass is 258 g/mol. The third-order valence-corrected chi connectivity index (χ3v) is 2.91. The van der Waals surface area contributed by atoms with E-state index in [1.54, 1.807) is 0 Å². The van der Waals surface area contributed by atoms with Crippen molar-refractivity contribution in [2.45, 2.75) is 25.3 Å². The van der Waals surface area contributed by atoms with Crippen LogP contribution in [0.4, 0.5) is 0 Å². The van der Waals surface area contributed by atoms with Gasteiger partial charge in [-0.1, -0.05) is 13.8 Å². The lowest BCUT2D eigenvalue weighted by molar-refractivity contribution is 0.0689. The predicted octanol–water partition coefficient (Wildman–Crippen LogP) is 0.777. The molecule has 0 saturated carbocycles. The lowest BCUT2D eigenvalue weighted by atomic mass is 10.1. The van der Waals surface area contributed by atoms with Crippen LogP contribution in [0, 0.1) is 5.92 Å². The normalized spacial score (nSPS) is 11.8. The van der Waals surface area contributed by atoms with E-state index in [1.807, 2.05) is 13.8 Å². The highest BCUT2D eigenvalue weighted by atomic mass is 32.2. The molecule has 0 saturated heterocycles. The van der Waals surface area contributed by atoms with E-state index in [0.717, 1.165) is 12.3 Å². The van der Waals surface area contributed by atoms with Crippen LogP contribution in [0.3, 0.4) is 0 Å². The molecule has 6 nitrogen and oxygen atoms in total. The van der Waals surface area contributed by atoms with Crippen LogP contribution in [0.1, 0.15) is 30.2 Å². The minimum atomic E-state index is -3.53. The molecule has 94 valence electrons. The molecule has 0 fully saturated rings. The minimum absolute atomic E-state index is 0.214. The molecule has 1 heterocycles. The van der Waals surface area contributed by atoms with Gasteiger partial charge in [0.05, 0.1) is 0 Å². The number of carboxylic acid groups (broad SMARTS) is 1. The number of carbonyl (C=O) groups is 1. The molecule has 0 aliphatic rings. The quantitative estimate of drug-likeness (QED) is 0.801. The summed E-state index contributed by atoms with van der Waals surface area (Å²) < 4.78 is 22.7. The first-order chi connectivity index (χ1) is 7.70. The first-order valence-corrected chi connectivity index (χ1v) is 6.90. The highest BCUT2D eigenvalue weighted by molar-refractivity contribution is 7.90. The van der Waals surface area contributed by atoms with Gasteiger partial charge >= 0.3 is 5.97 Å². The molecule has 1 N–H and O–H groups in total. The number of rotatable bonds is 4. The molecule has 1 aromatic rings. The van der Waals surface area contributed by atoms with Crippen molar-refractivity contribution in [3.63, 3.8) is 0 Å². The summed E-state index contributed by atoms with van der Waals surface area (Å²) in [6, 6.07) is 0.974. The van der Waals surface area contributed by atoms with Crippen LogP contribution >= 0.6 is 0 Å². The molecular formula is C10H14N2O4S. The summed E-state index contributed by atoms with van der Waals surface area (Å²) in [5, 5.41) is 8.60. The van der Waals surface area contributed by atoms with E-state index >= 15 is 0 Å². The zero-order chi connectivity index (χ0) is 13.2. The number of hydrogen-bond acceptors (Lipinski definition) is 5. The summed E-state index contributed by atoms with van der Waals surface area (Å²) in [4.78, 5) is 18.5. The van der Waals surface area contributed by atoms with Gasteiger partial charge in [0.15, 0.2) is 20.6 Å². The van der Waals surface area contributed by atoms with Crippen molar-refractivity contribution >= 4 is 15.8 Å². The topological polar surface area (TPSA) is 97.2 Å². The summed E-state index contributed by atoms with van der Waals surface area (Å²) in [5.74, 6) is -0.811. The van der Waals surface area contributed by atoms with Crippen molar-refractivity contribution in [2.75, 3.05) is 6.26 Å². The van der Waals surface area contributed by atoms with E-state index in [2.05, 4.69) is 9.97 Å². The van der Waals surface area contributed by atoms with E-state index in [9.17, 15) is 13.2 Å². The average molecular weight is 258 g/mol.